The van der Waals surface area contributed by atoms with E-state index in [1.165, 1.54) is 103 Å². The lowest BCUT2D eigenvalue weighted by Crippen LogP contribution is -2.35. The molecule has 0 fully saturated rings. The minimum atomic E-state index is -4.42. The Morgan fingerprint density at radius 2 is 1.00 bits per heavy atom. The third-order valence-electron chi connectivity index (χ3n) is 4.44. The van der Waals surface area contributed by atoms with Crippen molar-refractivity contribution in [3.63, 3.8) is 0 Å². The Bertz CT molecular complexity index is 402. The summed E-state index contributed by atoms with van der Waals surface area (Å²) in [6.45, 7) is 4.96. The molecule has 8 heteroatoms. The van der Waals surface area contributed by atoms with Gasteiger partial charge in [-0.3, -0.25) is 4.18 Å². The molecule has 6 nitrogen and oxygen atoms in total. The number of halogens is 1. The molecule has 0 aromatic carbocycles. The van der Waals surface area contributed by atoms with Crippen molar-refractivity contribution in [3.8, 4) is 0 Å². The lowest BCUT2D eigenvalue weighted by Gasteiger charge is -2.23. The maximum atomic E-state index is 9.45. The molecule has 0 aliphatic carbocycles. The van der Waals surface area contributed by atoms with Gasteiger partial charge in [0.15, 0.2) is 0 Å². The van der Waals surface area contributed by atoms with Gasteiger partial charge < -0.3 is 15.2 Å². The third kappa shape index (κ3) is 43.0. The molecule has 0 aliphatic heterocycles. The highest BCUT2D eigenvalue weighted by molar-refractivity contribution is 7.80. The van der Waals surface area contributed by atoms with Crippen LogP contribution in [0.15, 0.2) is 0 Å². The molecule has 0 radical (unpaired) electrons. The van der Waals surface area contributed by atoms with Crippen LogP contribution in [0.2, 0.25) is 0 Å². The van der Waals surface area contributed by atoms with Crippen molar-refractivity contribution in [1.82, 2.24) is 6.15 Å². The highest BCUT2D eigenvalue weighted by Crippen LogP contribution is 2.13. The summed E-state index contributed by atoms with van der Waals surface area (Å²) >= 11 is 0. The van der Waals surface area contributed by atoms with E-state index in [0.29, 0.717) is 0 Å². The zero-order valence-electron chi connectivity index (χ0n) is 19.9. The molecule has 29 heavy (non-hydrogen) atoms. The Balaban J connectivity index is -0.000000298. The molecule has 0 bridgehead atoms. The lowest BCUT2D eigenvalue weighted by molar-refractivity contribution is -0.870. The molecule has 0 rings (SSSR count). The van der Waals surface area contributed by atoms with Gasteiger partial charge in [-0.25, -0.2) is 8.42 Å². The number of hydrogen-bond acceptors (Lipinski definition) is 5. The predicted molar refractivity (Wildman–Crippen MR) is 127 cm³/mol. The Morgan fingerprint density at radius 3 is 1.21 bits per heavy atom. The van der Waals surface area contributed by atoms with E-state index < -0.39 is 10.4 Å². The maximum absolute atomic E-state index is 9.45. The van der Waals surface area contributed by atoms with E-state index in [4.69, 9.17) is 0 Å². The smallest absolute Gasteiger partial charge is 0.217 e. The Morgan fingerprint density at radius 1 is 0.690 bits per heavy atom. The quantitative estimate of drug-likeness (QED) is 0.119. The van der Waals surface area contributed by atoms with Gasteiger partial charge in [-0.05, 0) is 19.8 Å². The van der Waals surface area contributed by atoms with Gasteiger partial charge in [0, 0.05) is 0 Å². The fraction of sp³-hybridized carbons (Fsp3) is 1.00. The highest BCUT2D eigenvalue weighted by Gasteiger charge is 2.04. The summed E-state index contributed by atoms with van der Waals surface area (Å²) in [5.41, 5.74) is 0. The van der Waals surface area contributed by atoms with E-state index in [1.54, 1.807) is 0 Å². The molecule has 0 aromatic heterocycles. The minimum absolute atomic E-state index is 0. The molecule has 0 saturated carbocycles. The van der Waals surface area contributed by atoms with E-state index in [0.717, 1.165) is 4.48 Å². The van der Waals surface area contributed by atoms with Gasteiger partial charge in [0.25, 0.3) is 0 Å². The Labute approximate surface area is 188 Å². The van der Waals surface area contributed by atoms with E-state index in [2.05, 4.69) is 32.2 Å². The second-order valence-corrected chi connectivity index (χ2v) is 9.48. The van der Waals surface area contributed by atoms with Crippen LogP contribution in [0.5, 0.6) is 0 Å². The summed E-state index contributed by atoms with van der Waals surface area (Å²) in [5, 5.41) is 0. The number of hydrogen-bond donors (Lipinski definition) is 1. The molecule has 0 amide bonds. The first-order valence-electron chi connectivity index (χ1n) is 11.0. The molecule has 182 valence electrons. The summed E-state index contributed by atoms with van der Waals surface area (Å²) in [4.78, 5) is 0. The number of quaternary nitrogens is 1. The van der Waals surface area contributed by atoms with Gasteiger partial charge in [-0.1, -0.05) is 84.0 Å². The second-order valence-electron chi connectivity index (χ2n) is 8.42. The average Bonchev–Trinajstić information content (AvgIpc) is 2.53. The fourth-order valence-electron chi connectivity index (χ4n) is 2.93. The van der Waals surface area contributed by atoms with Crippen LogP contribution >= 0.6 is 12.4 Å². The Kier molecular flexibility index (Phi) is 30.6. The van der Waals surface area contributed by atoms with Gasteiger partial charge in [0.1, 0.15) is 0 Å². The molecule has 0 aromatic rings. The molecule has 0 aliphatic rings. The normalized spacial score (nSPS) is 11.1. The van der Waals surface area contributed by atoms with Gasteiger partial charge in [0.2, 0.25) is 10.4 Å². The largest absolute Gasteiger partial charge is 0.726 e. The van der Waals surface area contributed by atoms with Crippen LogP contribution in [0, 0.1) is 0 Å². The van der Waals surface area contributed by atoms with Crippen LogP contribution < -0.4 is 6.15 Å². The Hall–Kier alpha value is 0.0800. The van der Waals surface area contributed by atoms with Crippen LogP contribution in [0.4, 0.5) is 0 Å². The van der Waals surface area contributed by atoms with Gasteiger partial charge >= 0.3 is 0 Å². The van der Waals surface area contributed by atoms with Crippen molar-refractivity contribution in [3.05, 3.63) is 0 Å². The van der Waals surface area contributed by atoms with Crippen LogP contribution in [0.1, 0.15) is 104 Å². The molecular weight excluding hydrogens is 412 g/mol. The number of unbranched alkanes of at least 4 members (excludes halogenated alkanes) is 13. The predicted octanol–water partition coefficient (Wildman–Crippen LogP) is 6.24. The second kappa shape index (κ2) is 24.4. The standard InChI is InChI=1S/C19H42N.C2H6O4S.ClH.H3N/c1-5-6-7-8-9-10-11-12-13-14-15-16-17-18-19-20(2,3)4;1-2-6-7(3,4)5;;/h5-19H2,1-4H3;2H2,1H3,(H,3,4,5);1H;1H3/q+1;;;/p-1. The first-order chi connectivity index (χ1) is 12.6. The summed E-state index contributed by atoms with van der Waals surface area (Å²) < 4.78 is 33.1. The zero-order chi connectivity index (χ0) is 21.0. The number of rotatable bonds is 17. The van der Waals surface area contributed by atoms with E-state index >= 15 is 0 Å². The first kappa shape index (κ1) is 36.5. The molecule has 0 spiro atoms. The molecule has 0 saturated heterocycles. The summed E-state index contributed by atoms with van der Waals surface area (Å²) in [7, 11) is 2.46. The van der Waals surface area contributed by atoms with Crippen LogP contribution in [-0.2, 0) is 14.6 Å². The summed E-state index contributed by atoms with van der Waals surface area (Å²) in [6, 6.07) is 0. The maximum Gasteiger partial charge on any atom is 0.217 e. The first-order valence-corrected chi connectivity index (χ1v) is 12.4. The summed E-state index contributed by atoms with van der Waals surface area (Å²) in [5.74, 6) is 0. The average molecular weight is 463 g/mol. The van der Waals surface area contributed by atoms with Gasteiger partial charge in [-0.15, -0.1) is 12.4 Å². The van der Waals surface area contributed by atoms with Crippen molar-refractivity contribution in [2.24, 2.45) is 0 Å². The van der Waals surface area contributed by atoms with Crippen LogP contribution in [0.25, 0.3) is 0 Å². The molecule has 0 heterocycles. The molecular formula is C21H51ClN2O4S. The van der Waals surface area contributed by atoms with Crippen molar-refractivity contribution in [2.75, 3.05) is 34.3 Å². The SMILES string of the molecule is CCCCCCCCCCCCCCCC[N+](C)(C)C.CCOS(=O)(=O)[O-].Cl.N. The van der Waals surface area contributed by atoms with Gasteiger partial charge in [0.05, 0.1) is 34.3 Å². The third-order valence-corrected chi connectivity index (χ3v) is 4.97. The fourth-order valence-corrected chi connectivity index (χ4v) is 3.21. The molecule has 3 N–H and O–H groups in total. The molecule has 0 atom stereocenters. The van der Waals surface area contributed by atoms with Crippen molar-refractivity contribution in [2.45, 2.75) is 104 Å². The zero-order valence-corrected chi connectivity index (χ0v) is 21.6. The van der Waals surface area contributed by atoms with Crippen molar-refractivity contribution >= 4 is 22.8 Å². The van der Waals surface area contributed by atoms with E-state index in [1.807, 2.05) is 0 Å². The number of nitrogens with zero attached hydrogens (tertiary/aromatic N) is 1. The van der Waals surface area contributed by atoms with E-state index in [-0.39, 0.29) is 25.2 Å². The van der Waals surface area contributed by atoms with Crippen LogP contribution in [-0.4, -0.2) is 51.7 Å². The minimum Gasteiger partial charge on any atom is -0.726 e. The molecule has 0 unspecified atom stereocenters. The van der Waals surface area contributed by atoms with Gasteiger partial charge in [-0.2, -0.15) is 0 Å². The van der Waals surface area contributed by atoms with Crippen LogP contribution in [0.3, 0.4) is 0 Å². The van der Waals surface area contributed by atoms with Crippen molar-refractivity contribution < 1.29 is 21.6 Å². The van der Waals surface area contributed by atoms with Crippen molar-refractivity contribution in [1.29, 1.82) is 0 Å². The van der Waals surface area contributed by atoms with E-state index in [9.17, 15) is 13.0 Å². The lowest BCUT2D eigenvalue weighted by atomic mass is 10.0. The topological polar surface area (TPSA) is 101 Å². The highest BCUT2D eigenvalue weighted by atomic mass is 35.5. The summed E-state index contributed by atoms with van der Waals surface area (Å²) in [6.07, 6.45) is 20.4. The monoisotopic (exact) mass is 462 g/mol.